The third-order valence-electron chi connectivity index (χ3n) is 6.95. The van der Waals surface area contributed by atoms with Crippen LogP contribution in [0.2, 0.25) is 0 Å². The van der Waals surface area contributed by atoms with Gasteiger partial charge in [0, 0.05) is 5.92 Å². The number of carbonyl (C=O) groups excluding carboxylic acids is 1. The summed E-state index contributed by atoms with van der Waals surface area (Å²) < 4.78 is 6.06. The number of fused-ring (bicyclic) bond motifs is 1. The molecule has 6 atom stereocenters. The molecule has 0 saturated heterocycles. The topological polar surface area (TPSA) is 66.8 Å². The smallest absolute Gasteiger partial charge is 0.338 e. The SMILES string of the molecule is CC(C)[C@@H]1CC[C@@]2(C)CC[C@@H](O)[C@](C)(O)[C@@H]2[C@@H]1OC(=O)c1ccccc1. The van der Waals surface area contributed by atoms with Gasteiger partial charge in [0.1, 0.15) is 6.10 Å². The Morgan fingerprint density at radius 1 is 1.15 bits per heavy atom. The monoisotopic (exact) mass is 360 g/mol. The maximum atomic E-state index is 12.8. The standard InChI is InChI=1S/C22H32O4/c1-14(2)16-10-12-21(3)13-11-17(23)22(4,25)19(21)18(16)26-20(24)15-8-6-5-7-9-15/h5-9,14,16-19,23,25H,10-13H2,1-4H3/t16-,17+,18+,19+,21-,22-/m0/s1. The fraction of sp³-hybridized carbons (Fsp3) is 0.682. The quantitative estimate of drug-likeness (QED) is 0.805. The molecule has 0 heterocycles. The Labute approximate surface area is 156 Å². The predicted molar refractivity (Wildman–Crippen MR) is 101 cm³/mol. The number of hydrogen-bond acceptors (Lipinski definition) is 4. The van der Waals surface area contributed by atoms with Crippen LogP contribution in [0.4, 0.5) is 0 Å². The van der Waals surface area contributed by atoms with Crippen molar-refractivity contribution in [3.05, 3.63) is 35.9 Å². The fourth-order valence-electron chi connectivity index (χ4n) is 5.38. The molecule has 0 bridgehead atoms. The summed E-state index contributed by atoms with van der Waals surface area (Å²) in [5.41, 5.74) is -0.865. The highest BCUT2D eigenvalue weighted by atomic mass is 16.5. The Balaban J connectivity index is 1.96. The lowest BCUT2D eigenvalue weighted by molar-refractivity contribution is -0.225. The van der Waals surface area contributed by atoms with Crippen molar-refractivity contribution in [3.8, 4) is 0 Å². The first-order valence-corrected chi connectivity index (χ1v) is 9.83. The molecule has 2 aliphatic rings. The van der Waals surface area contributed by atoms with Gasteiger partial charge in [-0.3, -0.25) is 0 Å². The van der Waals surface area contributed by atoms with Crippen LogP contribution >= 0.6 is 0 Å². The second-order valence-electron chi connectivity index (χ2n) is 9.09. The van der Waals surface area contributed by atoms with Gasteiger partial charge in [-0.25, -0.2) is 4.79 Å². The molecule has 0 amide bonds. The van der Waals surface area contributed by atoms with Gasteiger partial charge < -0.3 is 14.9 Å². The number of benzene rings is 1. The summed E-state index contributed by atoms with van der Waals surface area (Å²) in [6.07, 6.45) is 2.22. The normalized spacial score (nSPS) is 40.1. The minimum atomic E-state index is -1.26. The average molecular weight is 360 g/mol. The number of esters is 1. The van der Waals surface area contributed by atoms with Crippen LogP contribution in [-0.4, -0.2) is 34.0 Å². The second-order valence-corrected chi connectivity index (χ2v) is 9.09. The van der Waals surface area contributed by atoms with Crippen LogP contribution in [0.15, 0.2) is 30.3 Å². The van der Waals surface area contributed by atoms with Gasteiger partial charge in [-0.15, -0.1) is 0 Å². The molecule has 0 spiro atoms. The molecule has 2 fully saturated rings. The third-order valence-corrected chi connectivity index (χ3v) is 6.95. The summed E-state index contributed by atoms with van der Waals surface area (Å²) >= 11 is 0. The molecule has 144 valence electrons. The van der Waals surface area contributed by atoms with Crippen molar-refractivity contribution in [2.75, 3.05) is 0 Å². The highest BCUT2D eigenvalue weighted by molar-refractivity contribution is 5.89. The molecular formula is C22H32O4. The molecule has 0 aromatic heterocycles. The van der Waals surface area contributed by atoms with Gasteiger partial charge in [0.05, 0.1) is 17.3 Å². The summed E-state index contributed by atoms with van der Waals surface area (Å²) in [6.45, 7) is 8.18. The molecule has 2 N–H and O–H groups in total. The van der Waals surface area contributed by atoms with Gasteiger partial charge in [-0.05, 0) is 62.0 Å². The van der Waals surface area contributed by atoms with Crippen LogP contribution in [0, 0.1) is 23.2 Å². The van der Waals surface area contributed by atoms with Gasteiger partial charge in [0.25, 0.3) is 0 Å². The van der Waals surface area contributed by atoms with Gasteiger partial charge >= 0.3 is 5.97 Å². The highest BCUT2D eigenvalue weighted by Crippen LogP contribution is 2.57. The van der Waals surface area contributed by atoms with Crippen LogP contribution in [0.5, 0.6) is 0 Å². The Morgan fingerprint density at radius 2 is 1.77 bits per heavy atom. The molecular weight excluding hydrogens is 328 g/mol. The van der Waals surface area contributed by atoms with Gasteiger partial charge in [0.2, 0.25) is 0 Å². The lowest BCUT2D eigenvalue weighted by atomic mass is 9.50. The summed E-state index contributed by atoms with van der Waals surface area (Å²) in [7, 11) is 0. The molecule has 4 heteroatoms. The van der Waals surface area contributed by atoms with E-state index in [2.05, 4.69) is 20.8 Å². The largest absolute Gasteiger partial charge is 0.458 e. The summed E-state index contributed by atoms with van der Waals surface area (Å²) in [5, 5.41) is 21.7. The van der Waals surface area contributed by atoms with Crippen LogP contribution in [-0.2, 0) is 4.74 Å². The molecule has 2 saturated carbocycles. The lowest BCUT2D eigenvalue weighted by Gasteiger charge is -2.59. The summed E-state index contributed by atoms with van der Waals surface area (Å²) in [5.74, 6) is -0.102. The van der Waals surface area contributed by atoms with E-state index in [4.69, 9.17) is 4.74 Å². The van der Waals surface area contributed by atoms with Crippen LogP contribution in [0.1, 0.15) is 63.7 Å². The number of rotatable bonds is 3. The van der Waals surface area contributed by atoms with Crippen LogP contribution in [0.3, 0.4) is 0 Å². The van der Waals surface area contributed by atoms with Crippen molar-refractivity contribution in [1.29, 1.82) is 0 Å². The molecule has 1 aromatic rings. The average Bonchev–Trinajstić information content (AvgIpc) is 2.59. The molecule has 2 aliphatic carbocycles. The first-order valence-electron chi connectivity index (χ1n) is 9.83. The van der Waals surface area contributed by atoms with E-state index in [0.717, 1.165) is 19.3 Å². The minimum absolute atomic E-state index is 0.129. The van der Waals surface area contributed by atoms with E-state index >= 15 is 0 Å². The molecule has 0 unspecified atom stereocenters. The minimum Gasteiger partial charge on any atom is -0.458 e. The van der Waals surface area contributed by atoms with Crippen molar-refractivity contribution in [3.63, 3.8) is 0 Å². The van der Waals surface area contributed by atoms with E-state index in [9.17, 15) is 15.0 Å². The molecule has 4 nitrogen and oxygen atoms in total. The van der Waals surface area contributed by atoms with Crippen LogP contribution in [0.25, 0.3) is 0 Å². The van der Waals surface area contributed by atoms with E-state index in [1.165, 1.54) is 0 Å². The van der Waals surface area contributed by atoms with Crippen molar-refractivity contribution in [2.24, 2.45) is 23.2 Å². The van der Waals surface area contributed by atoms with E-state index in [-0.39, 0.29) is 23.2 Å². The summed E-state index contributed by atoms with van der Waals surface area (Å²) in [4.78, 5) is 12.8. The molecule has 0 radical (unpaired) electrons. The van der Waals surface area contributed by atoms with Gasteiger partial charge in [-0.1, -0.05) is 39.0 Å². The maximum absolute atomic E-state index is 12.8. The van der Waals surface area contributed by atoms with E-state index in [1.807, 2.05) is 18.2 Å². The molecule has 3 rings (SSSR count). The maximum Gasteiger partial charge on any atom is 0.338 e. The zero-order valence-corrected chi connectivity index (χ0v) is 16.3. The third kappa shape index (κ3) is 3.29. The Kier molecular flexibility index (Phi) is 5.19. The Morgan fingerprint density at radius 3 is 2.38 bits per heavy atom. The lowest BCUT2D eigenvalue weighted by Crippen LogP contribution is -2.64. The van der Waals surface area contributed by atoms with Crippen molar-refractivity contribution < 1.29 is 19.7 Å². The predicted octanol–water partition coefficient (Wildman–Crippen LogP) is 3.81. The van der Waals surface area contributed by atoms with Crippen molar-refractivity contribution in [2.45, 2.75) is 71.2 Å². The zero-order chi connectivity index (χ0) is 19.1. The van der Waals surface area contributed by atoms with Crippen molar-refractivity contribution in [1.82, 2.24) is 0 Å². The number of carbonyl (C=O) groups is 1. The first-order chi connectivity index (χ1) is 12.2. The first kappa shape index (κ1) is 19.4. The van der Waals surface area contributed by atoms with Gasteiger partial charge in [-0.2, -0.15) is 0 Å². The second kappa shape index (κ2) is 6.97. The number of aliphatic hydroxyl groups excluding tert-OH is 1. The number of hydrogen-bond donors (Lipinski definition) is 2. The van der Waals surface area contributed by atoms with Crippen LogP contribution < -0.4 is 0 Å². The molecule has 1 aromatic carbocycles. The van der Waals surface area contributed by atoms with E-state index in [1.54, 1.807) is 19.1 Å². The Hall–Kier alpha value is -1.39. The van der Waals surface area contributed by atoms with E-state index < -0.39 is 17.8 Å². The molecule has 26 heavy (non-hydrogen) atoms. The Bertz CT molecular complexity index is 634. The number of ether oxygens (including phenoxy) is 1. The molecule has 0 aliphatic heterocycles. The van der Waals surface area contributed by atoms with E-state index in [0.29, 0.717) is 17.9 Å². The highest BCUT2D eigenvalue weighted by Gasteiger charge is 2.60. The van der Waals surface area contributed by atoms with Gasteiger partial charge in [0.15, 0.2) is 0 Å². The number of aliphatic hydroxyl groups is 2. The summed E-state index contributed by atoms with van der Waals surface area (Å²) in [6, 6.07) is 9.02. The fourth-order valence-corrected chi connectivity index (χ4v) is 5.38. The van der Waals surface area contributed by atoms with Crippen molar-refractivity contribution >= 4 is 5.97 Å². The zero-order valence-electron chi connectivity index (χ0n) is 16.3.